The maximum Gasteiger partial charge on any atom is 0.309 e. The average Bonchev–Trinajstić information content (AvgIpc) is 2.53. The molecule has 0 aliphatic heterocycles. The van der Waals surface area contributed by atoms with E-state index in [0.29, 0.717) is 0 Å². The van der Waals surface area contributed by atoms with Gasteiger partial charge in [0.2, 0.25) is 0 Å². The lowest BCUT2D eigenvalue weighted by Crippen LogP contribution is -2.57. The van der Waals surface area contributed by atoms with Crippen LogP contribution in [0.15, 0.2) is 24.3 Å². The maximum atomic E-state index is 12.1. The van der Waals surface area contributed by atoms with Gasteiger partial charge in [-0.15, -0.1) is 6.58 Å². The molecule has 6 unspecified atom stereocenters. The minimum atomic E-state index is -0.713. The fraction of sp³-hybridized carbons (Fsp3) is 0.727. The zero-order valence-electron chi connectivity index (χ0n) is 16.5. The third-order valence-electron chi connectivity index (χ3n) is 7.65. The van der Waals surface area contributed by atoms with E-state index < -0.39 is 11.4 Å². The molecule has 4 heteroatoms. The average molecular weight is 360 g/mol. The van der Waals surface area contributed by atoms with Crippen molar-refractivity contribution in [3.8, 4) is 0 Å². The van der Waals surface area contributed by atoms with Crippen molar-refractivity contribution in [2.75, 3.05) is 0 Å². The van der Waals surface area contributed by atoms with Crippen molar-refractivity contribution in [3.05, 3.63) is 24.3 Å². The predicted octanol–water partition coefficient (Wildman–Crippen LogP) is 4.75. The highest BCUT2D eigenvalue weighted by atomic mass is 16.5. The number of fused-ring (bicyclic) bond motifs is 3. The fourth-order valence-electron chi connectivity index (χ4n) is 6.33. The number of carbonyl (C=O) groups is 2. The summed E-state index contributed by atoms with van der Waals surface area (Å²) >= 11 is 0. The number of allylic oxidation sites excluding steroid dienone is 2. The number of ether oxygens (including phenoxy) is 1. The quantitative estimate of drug-likeness (QED) is 0.583. The van der Waals surface area contributed by atoms with Crippen LogP contribution in [0, 0.1) is 28.1 Å². The van der Waals surface area contributed by atoms with Gasteiger partial charge in [-0.25, -0.2) is 0 Å². The van der Waals surface area contributed by atoms with Crippen molar-refractivity contribution in [2.45, 2.75) is 72.3 Å². The van der Waals surface area contributed by atoms with Crippen LogP contribution in [0.3, 0.4) is 0 Å². The molecule has 0 heterocycles. The Balaban J connectivity index is 2.07. The molecule has 26 heavy (non-hydrogen) atoms. The molecule has 0 bridgehead atoms. The number of carbonyl (C=O) groups excluding carboxylic acids is 1. The van der Waals surface area contributed by atoms with E-state index in [1.54, 1.807) is 0 Å². The Morgan fingerprint density at radius 2 is 2.00 bits per heavy atom. The first kappa shape index (κ1) is 19.2. The molecule has 0 aromatic rings. The van der Waals surface area contributed by atoms with E-state index in [1.807, 2.05) is 13.0 Å². The van der Waals surface area contributed by atoms with Gasteiger partial charge in [-0.3, -0.25) is 9.59 Å². The van der Waals surface area contributed by atoms with Gasteiger partial charge in [0.1, 0.15) is 6.10 Å². The van der Waals surface area contributed by atoms with E-state index in [1.165, 1.54) is 12.5 Å². The molecule has 1 N–H and O–H groups in total. The number of esters is 1. The summed E-state index contributed by atoms with van der Waals surface area (Å²) in [7, 11) is 0. The molecule has 0 aromatic carbocycles. The molecule has 3 aliphatic rings. The molecular formula is C22H32O4. The first-order valence-electron chi connectivity index (χ1n) is 9.79. The van der Waals surface area contributed by atoms with Gasteiger partial charge >= 0.3 is 11.9 Å². The molecule has 0 spiro atoms. The first-order valence-corrected chi connectivity index (χ1v) is 9.79. The second-order valence-corrected chi connectivity index (χ2v) is 9.51. The first-order chi connectivity index (χ1) is 12.1. The van der Waals surface area contributed by atoms with Crippen LogP contribution < -0.4 is 0 Å². The van der Waals surface area contributed by atoms with E-state index in [0.717, 1.165) is 38.5 Å². The van der Waals surface area contributed by atoms with Crippen molar-refractivity contribution in [1.82, 2.24) is 0 Å². The molecule has 3 rings (SSSR count). The number of aliphatic carboxylic acids is 1. The van der Waals surface area contributed by atoms with Gasteiger partial charge in [0.15, 0.2) is 0 Å². The molecule has 4 nitrogen and oxygen atoms in total. The van der Waals surface area contributed by atoms with Crippen molar-refractivity contribution in [2.24, 2.45) is 28.1 Å². The zero-order chi connectivity index (χ0) is 19.3. The minimum absolute atomic E-state index is 0.0705. The Morgan fingerprint density at radius 1 is 1.31 bits per heavy atom. The lowest BCUT2D eigenvalue weighted by Gasteiger charge is -2.60. The van der Waals surface area contributed by atoms with Crippen molar-refractivity contribution in [1.29, 1.82) is 0 Å². The highest BCUT2D eigenvalue weighted by Crippen LogP contribution is 2.64. The third-order valence-corrected chi connectivity index (χ3v) is 7.65. The number of carboxylic acid groups (broad SMARTS) is 1. The van der Waals surface area contributed by atoms with E-state index >= 15 is 0 Å². The summed E-state index contributed by atoms with van der Waals surface area (Å²) in [6, 6.07) is 0. The van der Waals surface area contributed by atoms with Crippen molar-refractivity contribution >= 4 is 11.9 Å². The van der Waals surface area contributed by atoms with Gasteiger partial charge in [0.25, 0.3) is 0 Å². The number of carboxylic acids is 1. The van der Waals surface area contributed by atoms with Crippen molar-refractivity contribution in [3.63, 3.8) is 0 Å². The topological polar surface area (TPSA) is 63.6 Å². The van der Waals surface area contributed by atoms with Gasteiger partial charge in [-0.2, -0.15) is 0 Å². The van der Waals surface area contributed by atoms with Gasteiger partial charge < -0.3 is 9.84 Å². The molecule has 2 fully saturated rings. The van der Waals surface area contributed by atoms with Gasteiger partial charge in [0.05, 0.1) is 5.41 Å². The second kappa shape index (κ2) is 6.24. The fourth-order valence-corrected chi connectivity index (χ4v) is 6.33. The smallest absolute Gasteiger partial charge is 0.309 e. The summed E-state index contributed by atoms with van der Waals surface area (Å²) in [4.78, 5) is 23.9. The molecular weight excluding hydrogens is 328 g/mol. The number of rotatable bonds is 3. The standard InChI is InChI=1S/C22H32O4/c1-6-20(3)12-15-8-9-17-21(4,10-7-11-22(17,5)19(24)25)18(15)16(13-20)26-14(2)23/h6,8,16-18H,1,7,9-13H2,2-5H3,(H,24,25). The molecule has 3 aliphatic carbocycles. The Labute approximate surface area is 156 Å². The summed E-state index contributed by atoms with van der Waals surface area (Å²) in [5.74, 6) is -0.774. The van der Waals surface area contributed by atoms with Gasteiger partial charge in [0, 0.05) is 12.8 Å². The number of hydrogen-bond acceptors (Lipinski definition) is 3. The highest BCUT2D eigenvalue weighted by molar-refractivity contribution is 5.75. The highest BCUT2D eigenvalue weighted by Gasteiger charge is 2.60. The SMILES string of the molecule is C=CC1(C)CC2=CCC3C(C)(C(=O)O)CCCC3(C)C2C(OC(C)=O)C1. The maximum absolute atomic E-state index is 12.1. The normalized spacial score (nSPS) is 44.9. The summed E-state index contributed by atoms with van der Waals surface area (Å²) in [6.45, 7) is 11.8. The number of hydrogen-bond donors (Lipinski definition) is 1. The van der Waals surface area contributed by atoms with E-state index in [-0.39, 0.29) is 34.7 Å². The zero-order valence-corrected chi connectivity index (χ0v) is 16.5. The molecule has 144 valence electrons. The third kappa shape index (κ3) is 2.82. The van der Waals surface area contributed by atoms with Crippen LogP contribution in [0.1, 0.15) is 66.2 Å². The lowest BCUT2D eigenvalue weighted by molar-refractivity contribution is -0.174. The van der Waals surface area contributed by atoms with E-state index in [2.05, 4.69) is 26.5 Å². The van der Waals surface area contributed by atoms with E-state index in [9.17, 15) is 14.7 Å². The molecule has 6 atom stereocenters. The monoisotopic (exact) mass is 360 g/mol. The van der Waals surface area contributed by atoms with Crippen LogP contribution in [-0.4, -0.2) is 23.1 Å². The van der Waals surface area contributed by atoms with Gasteiger partial charge in [-0.1, -0.05) is 38.0 Å². The summed E-state index contributed by atoms with van der Waals surface area (Å²) in [5, 5.41) is 9.96. The van der Waals surface area contributed by atoms with Crippen molar-refractivity contribution < 1.29 is 19.4 Å². The predicted molar refractivity (Wildman–Crippen MR) is 100 cm³/mol. The Hall–Kier alpha value is -1.58. The molecule has 0 aromatic heterocycles. The van der Waals surface area contributed by atoms with Crippen LogP contribution in [0.25, 0.3) is 0 Å². The molecule has 2 saturated carbocycles. The summed E-state index contributed by atoms with van der Waals surface area (Å²) < 4.78 is 5.83. The Morgan fingerprint density at radius 3 is 2.58 bits per heavy atom. The van der Waals surface area contributed by atoms with Gasteiger partial charge in [-0.05, 0) is 55.8 Å². The van der Waals surface area contributed by atoms with Crippen LogP contribution in [-0.2, 0) is 14.3 Å². The molecule has 0 amide bonds. The van der Waals surface area contributed by atoms with Crippen LogP contribution >= 0.6 is 0 Å². The van der Waals surface area contributed by atoms with Crippen LogP contribution in [0.4, 0.5) is 0 Å². The largest absolute Gasteiger partial charge is 0.481 e. The van der Waals surface area contributed by atoms with E-state index in [4.69, 9.17) is 4.74 Å². The summed E-state index contributed by atoms with van der Waals surface area (Å²) in [6.07, 6.45) is 9.12. The summed E-state index contributed by atoms with van der Waals surface area (Å²) in [5.41, 5.74) is 0.377. The Kier molecular flexibility index (Phi) is 4.61. The lowest BCUT2D eigenvalue weighted by atomic mass is 9.45. The molecule has 0 radical (unpaired) electrons. The second-order valence-electron chi connectivity index (χ2n) is 9.51. The molecule has 0 saturated heterocycles. The van der Waals surface area contributed by atoms with Crippen LogP contribution in [0.2, 0.25) is 0 Å². The van der Waals surface area contributed by atoms with Crippen LogP contribution in [0.5, 0.6) is 0 Å². The Bertz CT molecular complexity index is 665. The minimum Gasteiger partial charge on any atom is -0.481 e.